The summed E-state index contributed by atoms with van der Waals surface area (Å²) in [6.45, 7) is 15.2. The van der Waals surface area contributed by atoms with Gasteiger partial charge in [-0.1, -0.05) is 31.1 Å². The van der Waals surface area contributed by atoms with Gasteiger partial charge in [0.1, 0.15) is 11.6 Å². The van der Waals surface area contributed by atoms with Crippen molar-refractivity contribution in [2.24, 2.45) is 28.6 Å². The molecule has 4 aliphatic carbocycles. The molecule has 2 saturated carbocycles. The Kier molecular flexibility index (Phi) is 7.54. The minimum Gasteiger partial charge on any atom is -0.356 e. The molecule has 5 atom stereocenters. The molecule has 1 aromatic heterocycles. The van der Waals surface area contributed by atoms with Crippen LogP contribution in [0, 0.1) is 28.6 Å². The number of carbonyl (C=O) groups is 1. The van der Waals surface area contributed by atoms with Crippen LogP contribution in [0.2, 0.25) is 0 Å². The molecule has 0 unspecified atom stereocenters. The van der Waals surface area contributed by atoms with Crippen LogP contribution in [0.4, 0.5) is 17.6 Å². The third-order valence-corrected chi connectivity index (χ3v) is 13.5. The highest BCUT2D eigenvalue weighted by molar-refractivity contribution is 5.92. The Labute approximate surface area is 265 Å². The molecule has 1 aromatic rings. The van der Waals surface area contributed by atoms with Gasteiger partial charge in [-0.3, -0.25) is 9.69 Å². The number of aromatic nitrogens is 2. The molecule has 7 heteroatoms. The van der Waals surface area contributed by atoms with Gasteiger partial charge in [0.05, 0.1) is 0 Å². The molecule has 4 heterocycles. The lowest BCUT2D eigenvalue weighted by atomic mass is 9.51. The number of allylic oxidation sites excluding steroid dienone is 4. The van der Waals surface area contributed by atoms with Gasteiger partial charge in [-0.2, -0.15) is 9.97 Å². The molecule has 0 bridgehead atoms. The Morgan fingerprint density at radius 3 is 2.23 bits per heavy atom. The largest absolute Gasteiger partial charge is 0.356 e. The summed E-state index contributed by atoms with van der Waals surface area (Å²) in [6, 6.07) is 2.28. The summed E-state index contributed by atoms with van der Waals surface area (Å²) in [4.78, 5) is 32.5. The number of ketones is 1. The Balaban J connectivity index is 0.904. The topological polar surface area (TPSA) is 55.8 Å². The molecule has 44 heavy (non-hydrogen) atoms. The van der Waals surface area contributed by atoms with Crippen LogP contribution >= 0.6 is 0 Å². The Bertz CT molecular complexity index is 1280. The van der Waals surface area contributed by atoms with Crippen LogP contribution in [0.15, 0.2) is 29.4 Å². The van der Waals surface area contributed by atoms with Crippen molar-refractivity contribution < 1.29 is 4.79 Å². The minimum atomic E-state index is 0.157. The molecule has 7 aliphatic rings. The first-order chi connectivity index (χ1) is 21.4. The van der Waals surface area contributed by atoms with Gasteiger partial charge < -0.3 is 14.7 Å². The van der Waals surface area contributed by atoms with Crippen LogP contribution in [0.1, 0.15) is 90.9 Å². The third-order valence-electron chi connectivity index (χ3n) is 13.5. The SMILES string of the molecule is C[C@]12CCC(=O)C=C1CC[C@@H]1C2=CC[C@]2(C)[C@@H](CCN3CCN(c4cc(N5CCCC5)nc(N5CCCC5)n4)CC3)CC[C@@H]12. The number of hydrogen-bond acceptors (Lipinski definition) is 7. The lowest BCUT2D eigenvalue weighted by molar-refractivity contribution is -0.115. The van der Waals surface area contributed by atoms with E-state index in [4.69, 9.17) is 9.97 Å². The van der Waals surface area contributed by atoms with Crippen molar-refractivity contribution in [1.82, 2.24) is 14.9 Å². The molecule has 0 amide bonds. The van der Waals surface area contributed by atoms with Crippen LogP contribution in [-0.2, 0) is 4.79 Å². The predicted molar refractivity (Wildman–Crippen MR) is 178 cm³/mol. The van der Waals surface area contributed by atoms with Gasteiger partial charge in [0, 0.05) is 70.3 Å². The number of anilines is 3. The summed E-state index contributed by atoms with van der Waals surface area (Å²) in [5.74, 6) is 5.98. The van der Waals surface area contributed by atoms with E-state index in [9.17, 15) is 4.79 Å². The van der Waals surface area contributed by atoms with Crippen LogP contribution in [-0.4, -0.2) is 79.6 Å². The number of carbonyl (C=O) groups excluding carboxylic acids is 1. The first-order valence-electron chi connectivity index (χ1n) is 18.2. The normalized spacial score (nSPS) is 35.8. The van der Waals surface area contributed by atoms with E-state index in [2.05, 4.69) is 45.6 Å². The van der Waals surface area contributed by atoms with E-state index < -0.39 is 0 Å². The predicted octanol–water partition coefficient (Wildman–Crippen LogP) is 6.26. The van der Waals surface area contributed by atoms with Crippen LogP contribution in [0.25, 0.3) is 0 Å². The van der Waals surface area contributed by atoms with Gasteiger partial charge >= 0.3 is 0 Å². The number of fused-ring (bicyclic) bond motifs is 5. The minimum absolute atomic E-state index is 0.157. The van der Waals surface area contributed by atoms with Crippen LogP contribution in [0.3, 0.4) is 0 Å². The highest BCUT2D eigenvalue weighted by Crippen LogP contribution is 2.65. The standard InChI is InChI=1S/C37H54N6O/c1-36-15-12-32-30(9-7-28-25-29(44)11-14-37(28,32)2)31(36)10-8-27(36)13-20-40-21-23-42(24-22-40)34-26-33(41-16-3-4-17-41)38-35(39-34)43-18-5-6-19-43/h12,25-27,30-31H,3-11,13-24H2,1-2H3/t27-,30+,31+,36-,37+/m1/s1. The fourth-order valence-corrected chi connectivity index (χ4v) is 10.7. The molecule has 8 rings (SSSR count). The molecule has 7 nitrogen and oxygen atoms in total. The van der Waals surface area contributed by atoms with Crippen LogP contribution < -0.4 is 14.7 Å². The molecular weight excluding hydrogens is 544 g/mol. The van der Waals surface area contributed by atoms with Crippen molar-refractivity contribution in [3.05, 3.63) is 29.4 Å². The molecule has 238 valence electrons. The molecule has 5 fully saturated rings. The molecule has 3 aliphatic heterocycles. The zero-order valence-electron chi connectivity index (χ0n) is 27.4. The maximum absolute atomic E-state index is 12.2. The van der Waals surface area contributed by atoms with Crippen LogP contribution in [0.5, 0.6) is 0 Å². The van der Waals surface area contributed by atoms with Gasteiger partial charge in [-0.15, -0.1) is 0 Å². The summed E-state index contributed by atoms with van der Waals surface area (Å²) < 4.78 is 0. The summed E-state index contributed by atoms with van der Waals surface area (Å²) in [5.41, 5.74) is 3.75. The summed E-state index contributed by atoms with van der Waals surface area (Å²) in [6.07, 6.45) is 19.3. The Morgan fingerprint density at radius 2 is 1.50 bits per heavy atom. The quantitative estimate of drug-likeness (QED) is 0.359. The molecule has 0 spiro atoms. The average Bonchev–Trinajstić information content (AvgIpc) is 3.83. The first-order valence-corrected chi connectivity index (χ1v) is 18.2. The molecule has 0 radical (unpaired) electrons. The maximum atomic E-state index is 12.2. The van der Waals surface area contributed by atoms with Gasteiger partial charge in [-0.05, 0) is 106 Å². The number of hydrogen-bond donors (Lipinski definition) is 0. The lowest BCUT2D eigenvalue weighted by Gasteiger charge is -2.53. The van der Waals surface area contributed by atoms with E-state index in [0.717, 1.165) is 107 Å². The Morgan fingerprint density at radius 1 is 0.818 bits per heavy atom. The second-order valence-corrected chi connectivity index (χ2v) is 15.8. The van der Waals surface area contributed by atoms with Crippen molar-refractivity contribution in [2.75, 3.05) is 73.6 Å². The second-order valence-electron chi connectivity index (χ2n) is 15.8. The first kappa shape index (κ1) is 29.0. The monoisotopic (exact) mass is 598 g/mol. The van der Waals surface area contributed by atoms with Crippen molar-refractivity contribution in [3.8, 4) is 0 Å². The molecule has 0 aromatic carbocycles. The van der Waals surface area contributed by atoms with E-state index in [1.165, 1.54) is 69.9 Å². The second kappa shape index (κ2) is 11.4. The van der Waals surface area contributed by atoms with E-state index in [0.29, 0.717) is 11.2 Å². The van der Waals surface area contributed by atoms with Crippen molar-refractivity contribution in [1.29, 1.82) is 0 Å². The van der Waals surface area contributed by atoms with Gasteiger partial charge in [-0.25, -0.2) is 0 Å². The third kappa shape index (κ3) is 5.00. The maximum Gasteiger partial charge on any atom is 0.229 e. The van der Waals surface area contributed by atoms with Crippen molar-refractivity contribution in [2.45, 2.75) is 90.9 Å². The number of rotatable bonds is 6. The highest BCUT2D eigenvalue weighted by atomic mass is 16.1. The highest BCUT2D eigenvalue weighted by Gasteiger charge is 2.55. The molecule has 3 saturated heterocycles. The average molecular weight is 599 g/mol. The fourth-order valence-electron chi connectivity index (χ4n) is 10.7. The van der Waals surface area contributed by atoms with E-state index in [1.54, 1.807) is 5.57 Å². The number of nitrogens with zero attached hydrogens (tertiary/aromatic N) is 6. The van der Waals surface area contributed by atoms with Gasteiger partial charge in [0.25, 0.3) is 0 Å². The van der Waals surface area contributed by atoms with Crippen molar-refractivity contribution in [3.63, 3.8) is 0 Å². The smallest absolute Gasteiger partial charge is 0.229 e. The van der Waals surface area contributed by atoms with Gasteiger partial charge in [0.2, 0.25) is 5.95 Å². The summed E-state index contributed by atoms with van der Waals surface area (Å²) in [7, 11) is 0. The fraction of sp³-hybridized carbons (Fsp3) is 0.757. The zero-order valence-corrected chi connectivity index (χ0v) is 27.4. The molecule has 0 N–H and O–H groups in total. The number of piperazine rings is 1. The summed E-state index contributed by atoms with van der Waals surface area (Å²) in [5, 5.41) is 0. The van der Waals surface area contributed by atoms with E-state index in [1.807, 2.05) is 6.08 Å². The van der Waals surface area contributed by atoms with Crippen molar-refractivity contribution >= 4 is 23.4 Å². The summed E-state index contributed by atoms with van der Waals surface area (Å²) >= 11 is 0. The van der Waals surface area contributed by atoms with E-state index >= 15 is 0 Å². The van der Waals surface area contributed by atoms with Gasteiger partial charge in [0.15, 0.2) is 5.78 Å². The van der Waals surface area contributed by atoms with E-state index in [-0.39, 0.29) is 5.41 Å². The zero-order chi connectivity index (χ0) is 29.9. The Hall–Kier alpha value is -2.41. The lowest BCUT2D eigenvalue weighted by Crippen LogP contribution is -2.48. The molecular formula is C37H54N6O.